The number of carbonyl (C=O) groups excluding carboxylic acids is 1. The van der Waals surface area contributed by atoms with E-state index in [1.165, 1.54) is 19.3 Å². The molecule has 18 heavy (non-hydrogen) atoms. The van der Waals surface area contributed by atoms with Gasteiger partial charge in [0.2, 0.25) is 5.91 Å². The Labute approximate surface area is 112 Å². The molecule has 4 atom stereocenters. The summed E-state index contributed by atoms with van der Waals surface area (Å²) in [4.78, 5) is 12.3. The van der Waals surface area contributed by atoms with Crippen molar-refractivity contribution in [3.8, 4) is 0 Å². The number of hydrogen-bond acceptors (Lipinski definition) is 1. The molecule has 4 rings (SSSR count). The first-order chi connectivity index (χ1) is 8.74. The van der Waals surface area contributed by atoms with Crippen molar-refractivity contribution in [2.45, 2.75) is 19.3 Å². The molecular weight excluding hydrogens is 246 g/mol. The predicted molar refractivity (Wildman–Crippen MR) is 71.4 cm³/mol. The van der Waals surface area contributed by atoms with E-state index in [4.69, 9.17) is 11.6 Å². The molecule has 0 radical (unpaired) electrons. The smallest absolute Gasteiger partial charge is 0.228 e. The fourth-order valence-corrected chi connectivity index (χ4v) is 4.66. The normalized spacial score (nSPS) is 39.5. The lowest BCUT2D eigenvalue weighted by Crippen LogP contribution is -2.18. The van der Waals surface area contributed by atoms with Crippen LogP contribution in [0.4, 0.5) is 5.69 Å². The van der Waals surface area contributed by atoms with Crippen molar-refractivity contribution in [2.75, 3.05) is 5.32 Å². The second-order valence-corrected chi connectivity index (χ2v) is 6.45. The molecule has 0 saturated heterocycles. The van der Waals surface area contributed by atoms with Crippen LogP contribution in [0, 0.1) is 29.6 Å². The maximum absolute atomic E-state index is 12.3. The van der Waals surface area contributed by atoms with Crippen LogP contribution in [0.25, 0.3) is 0 Å². The van der Waals surface area contributed by atoms with Gasteiger partial charge in [-0.3, -0.25) is 4.79 Å². The van der Waals surface area contributed by atoms with Gasteiger partial charge in [0.15, 0.2) is 0 Å². The molecule has 3 saturated carbocycles. The summed E-state index contributed by atoms with van der Waals surface area (Å²) in [5, 5.41) is 3.69. The highest BCUT2D eigenvalue weighted by Crippen LogP contribution is 2.69. The van der Waals surface area contributed by atoms with E-state index < -0.39 is 0 Å². The molecule has 1 N–H and O–H groups in total. The number of carbonyl (C=O) groups is 1. The Balaban J connectivity index is 1.47. The number of halogens is 1. The molecule has 1 amide bonds. The summed E-state index contributed by atoms with van der Waals surface area (Å²) in [6.07, 6.45) is 4.09. The van der Waals surface area contributed by atoms with E-state index in [0.29, 0.717) is 16.9 Å². The van der Waals surface area contributed by atoms with Crippen LogP contribution < -0.4 is 5.32 Å². The Hall–Kier alpha value is -1.02. The average molecular weight is 262 g/mol. The van der Waals surface area contributed by atoms with E-state index in [-0.39, 0.29) is 11.8 Å². The van der Waals surface area contributed by atoms with Crippen molar-refractivity contribution in [3.63, 3.8) is 0 Å². The van der Waals surface area contributed by atoms with Gasteiger partial charge in [-0.25, -0.2) is 0 Å². The molecule has 1 aromatic carbocycles. The Kier molecular flexibility index (Phi) is 2.25. The number of nitrogens with one attached hydrogen (secondary N) is 1. The zero-order chi connectivity index (χ0) is 12.3. The van der Waals surface area contributed by atoms with Gasteiger partial charge < -0.3 is 5.32 Å². The van der Waals surface area contributed by atoms with Gasteiger partial charge in [0.25, 0.3) is 0 Å². The van der Waals surface area contributed by atoms with Crippen LogP contribution in [0.1, 0.15) is 19.3 Å². The molecule has 0 spiro atoms. The molecule has 0 aromatic heterocycles. The highest BCUT2D eigenvalue weighted by molar-refractivity contribution is 6.30. The number of fused-ring (bicyclic) bond motifs is 5. The van der Waals surface area contributed by atoms with Gasteiger partial charge in [-0.2, -0.15) is 0 Å². The summed E-state index contributed by atoms with van der Waals surface area (Å²) in [6.45, 7) is 0. The average Bonchev–Trinajstić information content (AvgIpc) is 2.79. The zero-order valence-electron chi connectivity index (χ0n) is 10.1. The molecule has 3 aliphatic carbocycles. The summed E-state index contributed by atoms with van der Waals surface area (Å²) < 4.78 is 0. The van der Waals surface area contributed by atoms with Gasteiger partial charge in [-0.05, 0) is 61.1 Å². The summed E-state index contributed by atoms with van der Waals surface area (Å²) in [5.74, 6) is 3.58. The molecule has 94 valence electrons. The molecule has 0 unspecified atom stereocenters. The van der Waals surface area contributed by atoms with Crippen LogP contribution in [0.2, 0.25) is 5.02 Å². The lowest BCUT2D eigenvalue weighted by Gasteiger charge is -2.09. The fourth-order valence-electron chi connectivity index (χ4n) is 4.47. The van der Waals surface area contributed by atoms with Crippen LogP contribution in [-0.4, -0.2) is 5.91 Å². The third-order valence-electron chi connectivity index (χ3n) is 5.13. The van der Waals surface area contributed by atoms with Gasteiger partial charge in [0.05, 0.1) is 0 Å². The van der Waals surface area contributed by atoms with Crippen molar-refractivity contribution >= 4 is 23.2 Å². The Morgan fingerprint density at radius 1 is 1.22 bits per heavy atom. The van der Waals surface area contributed by atoms with Crippen molar-refractivity contribution < 1.29 is 4.79 Å². The molecule has 2 nitrogen and oxygen atoms in total. The molecule has 2 bridgehead atoms. The summed E-state index contributed by atoms with van der Waals surface area (Å²) >= 11 is 5.92. The molecule has 3 aliphatic rings. The Morgan fingerprint density at radius 3 is 2.61 bits per heavy atom. The fraction of sp³-hybridized carbons (Fsp3) is 0.533. The SMILES string of the molecule is O=C(Nc1cccc(Cl)c1)C1[C@H]2[C@H]3CC[C@@H](C3)[C@H]12. The third-order valence-corrected chi connectivity index (χ3v) is 5.37. The van der Waals surface area contributed by atoms with Crippen LogP contribution in [0.15, 0.2) is 24.3 Å². The third kappa shape index (κ3) is 1.51. The van der Waals surface area contributed by atoms with Crippen LogP contribution in [0.5, 0.6) is 0 Å². The minimum atomic E-state index is 0.212. The predicted octanol–water partition coefficient (Wildman–Crippen LogP) is 3.57. The molecule has 0 aliphatic heterocycles. The maximum atomic E-state index is 12.3. The second-order valence-electron chi connectivity index (χ2n) is 6.01. The number of benzene rings is 1. The summed E-state index contributed by atoms with van der Waals surface area (Å²) in [5.41, 5.74) is 0.824. The number of anilines is 1. The minimum absolute atomic E-state index is 0.212. The van der Waals surface area contributed by atoms with E-state index in [1.807, 2.05) is 24.3 Å². The second kappa shape index (κ2) is 3.74. The number of rotatable bonds is 2. The van der Waals surface area contributed by atoms with E-state index in [2.05, 4.69) is 5.32 Å². The zero-order valence-corrected chi connectivity index (χ0v) is 10.9. The van der Waals surface area contributed by atoms with Crippen LogP contribution in [0.3, 0.4) is 0 Å². The lowest BCUT2D eigenvalue weighted by atomic mass is 10.0. The van der Waals surface area contributed by atoms with Gasteiger partial charge in [0.1, 0.15) is 0 Å². The van der Waals surface area contributed by atoms with Crippen molar-refractivity contribution in [2.24, 2.45) is 29.6 Å². The van der Waals surface area contributed by atoms with Crippen molar-refractivity contribution in [3.05, 3.63) is 29.3 Å². The largest absolute Gasteiger partial charge is 0.326 e. The number of amides is 1. The highest BCUT2D eigenvalue weighted by Gasteiger charge is 2.67. The maximum Gasteiger partial charge on any atom is 0.228 e. The van der Waals surface area contributed by atoms with Gasteiger partial charge >= 0.3 is 0 Å². The molecule has 3 heteroatoms. The Morgan fingerprint density at radius 2 is 1.94 bits per heavy atom. The minimum Gasteiger partial charge on any atom is -0.326 e. The van der Waals surface area contributed by atoms with Crippen molar-refractivity contribution in [1.29, 1.82) is 0 Å². The molecule has 0 heterocycles. The standard InChI is InChI=1S/C15H16ClNO/c16-10-2-1-3-11(7-10)17-15(18)14-12-8-4-5-9(6-8)13(12)14/h1-3,7-9,12-14H,4-6H2,(H,17,18)/t8-,9-,12-,13-/m0/s1. The van der Waals surface area contributed by atoms with Gasteiger partial charge in [-0.15, -0.1) is 0 Å². The lowest BCUT2D eigenvalue weighted by molar-refractivity contribution is -0.118. The van der Waals surface area contributed by atoms with Gasteiger partial charge in [-0.1, -0.05) is 17.7 Å². The topological polar surface area (TPSA) is 29.1 Å². The quantitative estimate of drug-likeness (QED) is 0.866. The molecule has 3 fully saturated rings. The van der Waals surface area contributed by atoms with E-state index in [0.717, 1.165) is 17.5 Å². The summed E-state index contributed by atoms with van der Waals surface area (Å²) in [6, 6.07) is 7.40. The van der Waals surface area contributed by atoms with E-state index in [9.17, 15) is 4.79 Å². The Bertz CT molecular complexity index is 499. The monoisotopic (exact) mass is 261 g/mol. The van der Waals surface area contributed by atoms with Crippen molar-refractivity contribution in [1.82, 2.24) is 0 Å². The van der Waals surface area contributed by atoms with Crippen LogP contribution >= 0.6 is 11.6 Å². The number of hydrogen-bond donors (Lipinski definition) is 1. The van der Waals surface area contributed by atoms with E-state index >= 15 is 0 Å². The summed E-state index contributed by atoms with van der Waals surface area (Å²) in [7, 11) is 0. The first-order valence-electron chi connectivity index (χ1n) is 6.80. The highest BCUT2D eigenvalue weighted by atomic mass is 35.5. The first-order valence-corrected chi connectivity index (χ1v) is 7.18. The van der Waals surface area contributed by atoms with Crippen LogP contribution in [-0.2, 0) is 4.79 Å². The molecular formula is C15H16ClNO. The van der Waals surface area contributed by atoms with Gasteiger partial charge in [0, 0.05) is 16.6 Å². The first kappa shape index (κ1) is 10.9. The van der Waals surface area contributed by atoms with E-state index in [1.54, 1.807) is 0 Å². The molecule has 1 aromatic rings.